The molecule has 7 nitrogen and oxygen atoms in total. The van der Waals surface area contributed by atoms with E-state index in [0.717, 1.165) is 46.6 Å². The van der Waals surface area contributed by atoms with Gasteiger partial charge in [0.2, 0.25) is 5.91 Å². The minimum atomic E-state index is -0.847. The monoisotopic (exact) mass is 450 g/mol. The van der Waals surface area contributed by atoms with Gasteiger partial charge < -0.3 is 21.1 Å². The van der Waals surface area contributed by atoms with Gasteiger partial charge in [-0.1, -0.05) is 6.07 Å². The number of carboxylic acid groups (broad SMARTS) is 1. The first-order valence-corrected chi connectivity index (χ1v) is 12.3. The summed E-state index contributed by atoms with van der Waals surface area (Å²) in [6.45, 7) is 1.31. The number of nitrogens with one attached hydrogen (secondary N) is 3. The molecular weight excluding hydrogens is 416 g/mol. The zero-order chi connectivity index (χ0) is 22.8. The van der Waals surface area contributed by atoms with Crippen LogP contribution >= 0.6 is 0 Å². The molecule has 4 N–H and O–H groups in total. The van der Waals surface area contributed by atoms with Crippen molar-refractivity contribution in [2.75, 3.05) is 30.3 Å². The molecule has 33 heavy (non-hydrogen) atoms. The molecule has 7 heteroatoms. The van der Waals surface area contributed by atoms with Gasteiger partial charge in [-0.15, -0.1) is 0 Å². The molecule has 0 unspecified atom stereocenters. The van der Waals surface area contributed by atoms with Crippen molar-refractivity contribution in [1.29, 1.82) is 0 Å². The highest BCUT2D eigenvalue weighted by Gasteiger charge is 2.51. The molecule has 0 radical (unpaired) electrons. The first-order valence-electron chi connectivity index (χ1n) is 12.3. The molecule has 1 heterocycles. The molecule has 176 valence electrons. The lowest BCUT2D eigenvalue weighted by Gasteiger charge is -2.56. The molecule has 2 aromatic rings. The zero-order valence-electron chi connectivity index (χ0n) is 19.1. The van der Waals surface area contributed by atoms with Crippen molar-refractivity contribution in [2.45, 2.75) is 51.4 Å². The summed E-state index contributed by atoms with van der Waals surface area (Å²) in [6.07, 6.45) is 9.35. The molecule has 4 aliphatic carbocycles. The molecule has 4 bridgehead atoms. The lowest BCUT2D eigenvalue weighted by atomic mass is 9.49. The van der Waals surface area contributed by atoms with Crippen molar-refractivity contribution in [3.05, 3.63) is 30.3 Å². The number of pyridine rings is 1. The molecule has 1 amide bonds. The van der Waals surface area contributed by atoms with Crippen LogP contribution in [0.25, 0.3) is 10.9 Å². The van der Waals surface area contributed by atoms with Crippen LogP contribution in [0.15, 0.2) is 30.3 Å². The van der Waals surface area contributed by atoms with E-state index in [0.29, 0.717) is 19.5 Å². The van der Waals surface area contributed by atoms with E-state index in [9.17, 15) is 9.59 Å². The highest BCUT2D eigenvalue weighted by molar-refractivity contribution is 6.01. The number of amides is 1. The fraction of sp³-hybridized carbons (Fsp3) is 0.577. The van der Waals surface area contributed by atoms with Crippen molar-refractivity contribution in [3.63, 3.8) is 0 Å². The summed E-state index contributed by atoms with van der Waals surface area (Å²) < 4.78 is 0. The van der Waals surface area contributed by atoms with Crippen LogP contribution in [-0.4, -0.2) is 41.6 Å². The Labute approximate surface area is 194 Å². The number of aromatic nitrogens is 1. The van der Waals surface area contributed by atoms with E-state index >= 15 is 0 Å². The number of carbonyl (C=O) groups excluding carboxylic acids is 1. The third-order valence-electron chi connectivity index (χ3n) is 7.82. The summed E-state index contributed by atoms with van der Waals surface area (Å²) in [5.41, 5.74) is 1.91. The second-order valence-corrected chi connectivity index (χ2v) is 10.6. The van der Waals surface area contributed by atoms with Gasteiger partial charge in [0, 0.05) is 18.4 Å². The van der Waals surface area contributed by atoms with E-state index in [1.165, 1.54) is 38.5 Å². The Balaban J connectivity index is 1.18. The fourth-order valence-corrected chi connectivity index (χ4v) is 7.03. The topological polar surface area (TPSA) is 103 Å². The van der Waals surface area contributed by atoms with Crippen molar-refractivity contribution in [3.8, 4) is 0 Å². The van der Waals surface area contributed by atoms with Gasteiger partial charge >= 0.3 is 5.97 Å². The first kappa shape index (κ1) is 22.1. The molecule has 1 aromatic carbocycles. The summed E-state index contributed by atoms with van der Waals surface area (Å²) in [7, 11) is 0. The van der Waals surface area contributed by atoms with Gasteiger partial charge in [0.25, 0.3) is 0 Å². The Hall–Kier alpha value is -2.67. The predicted molar refractivity (Wildman–Crippen MR) is 129 cm³/mol. The van der Waals surface area contributed by atoms with Crippen LogP contribution in [0.3, 0.4) is 0 Å². The molecular formula is C26H34N4O3. The summed E-state index contributed by atoms with van der Waals surface area (Å²) in [5, 5.41) is 18.9. The number of hydrogen-bond donors (Lipinski definition) is 4. The van der Waals surface area contributed by atoms with Gasteiger partial charge in [-0.25, -0.2) is 4.98 Å². The summed E-state index contributed by atoms with van der Waals surface area (Å²) in [4.78, 5) is 28.3. The molecule has 1 aromatic heterocycles. The van der Waals surface area contributed by atoms with Crippen LogP contribution in [-0.2, 0) is 9.59 Å². The second kappa shape index (κ2) is 9.29. The van der Waals surface area contributed by atoms with Crippen LogP contribution in [0, 0.1) is 23.2 Å². The van der Waals surface area contributed by atoms with E-state index in [4.69, 9.17) is 10.1 Å². The maximum atomic E-state index is 13.1. The Morgan fingerprint density at radius 3 is 2.42 bits per heavy atom. The lowest BCUT2D eigenvalue weighted by Crippen LogP contribution is -2.47. The molecule has 4 fully saturated rings. The number of carbonyl (C=O) groups is 2. The average molecular weight is 451 g/mol. The molecule has 0 atom stereocenters. The van der Waals surface area contributed by atoms with Crippen LogP contribution in [0.2, 0.25) is 0 Å². The highest BCUT2D eigenvalue weighted by Crippen LogP contribution is 2.61. The summed E-state index contributed by atoms with van der Waals surface area (Å²) >= 11 is 0. The third-order valence-corrected chi connectivity index (χ3v) is 7.82. The van der Waals surface area contributed by atoms with E-state index in [2.05, 4.69) is 16.0 Å². The van der Waals surface area contributed by atoms with Gasteiger partial charge in [-0.05, 0) is 98.9 Å². The van der Waals surface area contributed by atoms with Crippen LogP contribution < -0.4 is 16.0 Å². The average Bonchev–Trinajstić information content (AvgIpc) is 2.74. The van der Waals surface area contributed by atoms with Crippen LogP contribution in [0.1, 0.15) is 51.4 Å². The second-order valence-electron chi connectivity index (χ2n) is 10.6. The van der Waals surface area contributed by atoms with Crippen LogP contribution in [0.5, 0.6) is 0 Å². The number of aliphatic carboxylic acids is 1. The fourth-order valence-electron chi connectivity index (χ4n) is 7.03. The molecule has 4 saturated carbocycles. The maximum Gasteiger partial charge on any atom is 0.317 e. The third kappa shape index (κ3) is 5.13. The quantitative estimate of drug-likeness (QED) is 0.404. The van der Waals surface area contributed by atoms with Crippen molar-refractivity contribution in [2.24, 2.45) is 23.2 Å². The van der Waals surface area contributed by atoms with Gasteiger partial charge in [0.05, 0.1) is 17.7 Å². The smallest absolute Gasteiger partial charge is 0.317 e. The molecule has 4 aliphatic rings. The number of rotatable bonds is 10. The summed E-state index contributed by atoms with van der Waals surface area (Å²) in [5.74, 6) is 2.62. The molecule has 0 aliphatic heterocycles. The van der Waals surface area contributed by atoms with Gasteiger partial charge in [-0.2, -0.15) is 0 Å². The first-order chi connectivity index (χ1) is 16.0. The molecule has 0 saturated heterocycles. The Morgan fingerprint density at radius 2 is 1.73 bits per heavy atom. The van der Waals surface area contributed by atoms with Crippen LogP contribution in [0.4, 0.5) is 11.5 Å². The minimum absolute atomic E-state index is 0.0222. The normalized spacial score (nSPS) is 27.6. The number of hydrogen-bond acceptors (Lipinski definition) is 5. The standard InChI is InChI=1S/C26H34N4O3/c31-24(15-26-12-17-9-18(13-26)11-19(10-17)14-26)30-22-4-1-3-21-20(22)5-6-23(29-21)28-8-2-7-27-16-25(32)33/h1,3-6,17-19,27H,2,7-16H2,(H,28,29)(H,30,31)(H,32,33). The number of fused-ring (bicyclic) bond motifs is 1. The minimum Gasteiger partial charge on any atom is -0.480 e. The molecule has 6 rings (SSSR count). The zero-order valence-corrected chi connectivity index (χ0v) is 19.1. The number of anilines is 2. The largest absolute Gasteiger partial charge is 0.480 e. The van der Waals surface area contributed by atoms with Gasteiger partial charge in [0.1, 0.15) is 5.82 Å². The van der Waals surface area contributed by atoms with E-state index in [1.54, 1.807) is 0 Å². The van der Waals surface area contributed by atoms with E-state index < -0.39 is 5.97 Å². The number of nitrogens with zero attached hydrogens (tertiary/aromatic N) is 1. The van der Waals surface area contributed by atoms with Crippen molar-refractivity contribution < 1.29 is 14.7 Å². The number of benzene rings is 1. The van der Waals surface area contributed by atoms with Gasteiger partial charge in [0.15, 0.2) is 0 Å². The van der Waals surface area contributed by atoms with Crippen molar-refractivity contribution in [1.82, 2.24) is 10.3 Å². The Bertz CT molecular complexity index is 1000. The maximum absolute atomic E-state index is 13.1. The SMILES string of the molecule is O=C(O)CNCCCNc1ccc2c(NC(=O)CC34CC5CC(CC(C5)C3)C4)cccc2n1. The molecule has 0 spiro atoms. The predicted octanol–water partition coefficient (Wildman–Crippen LogP) is 4.26. The van der Waals surface area contributed by atoms with Crippen molar-refractivity contribution >= 4 is 34.3 Å². The Morgan fingerprint density at radius 1 is 1.00 bits per heavy atom. The van der Waals surface area contributed by atoms with E-state index in [1.807, 2.05) is 30.3 Å². The lowest BCUT2D eigenvalue weighted by molar-refractivity contribution is -0.136. The summed E-state index contributed by atoms with van der Waals surface area (Å²) in [6, 6.07) is 9.80. The Kier molecular flexibility index (Phi) is 6.23. The van der Waals surface area contributed by atoms with Gasteiger partial charge in [-0.3, -0.25) is 9.59 Å². The van der Waals surface area contributed by atoms with E-state index in [-0.39, 0.29) is 17.9 Å². The number of carboxylic acids is 1. The highest BCUT2D eigenvalue weighted by atomic mass is 16.4.